The molecule has 4 rings (SSSR count). The van der Waals surface area contributed by atoms with E-state index in [1.165, 1.54) is 0 Å². The summed E-state index contributed by atoms with van der Waals surface area (Å²) >= 11 is 0. The molecule has 0 aromatic carbocycles. The molecule has 0 spiro atoms. The molecule has 3 aromatic heterocycles. The first-order chi connectivity index (χ1) is 13.7. The molecular formula is C20H21N7O. The Kier molecular flexibility index (Phi) is 5.09. The minimum absolute atomic E-state index is 0.0401. The summed E-state index contributed by atoms with van der Waals surface area (Å²) in [7, 11) is 0. The first-order valence-electron chi connectivity index (χ1n) is 9.17. The minimum Gasteiger partial charge on any atom is -0.352 e. The smallest absolute Gasteiger partial charge is 0.254 e. The molecule has 0 bridgehead atoms. The van der Waals surface area contributed by atoms with E-state index in [1.54, 1.807) is 30.7 Å². The highest BCUT2D eigenvalue weighted by molar-refractivity contribution is 5.94. The molecular weight excluding hydrogens is 354 g/mol. The van der Waals surface area contributed by atoms with Gasteiger partial charge in [0.1, 0.15) is 5.82 Å². The number of piperazine rings is 1. The minimum atomic E-state index is 0.0401. The fourth-order valence-corrected chi connectivity index (χ4v) is 3.05. The summed E-state index contributed by atoms with van der Waals surface area (Å²) in [5, 5.41) is 11.7. The highest BCUT2D eigenvalue weighted by atomic mass is 16.2. The lowest BCUT2D eigenvalue weighted by Crippen LogP contribution is -2.49. The predicted octanol–water partition coefficient (Wildman–Crippen LogP) is 2.28. The molecule has 1 amide bonds. The molecule has 4 heterocycles. The maximum atomic E-state index is 12.5. The van der Waals surface area contributed by atoms with E-state index in [0.717, 1.165) is 30.3 Å². The number of hydrogen-bond donors (Lipinski definition) is 1. The van der Waals surface area contributed by atoms with Crippen molar-refractivity contribution in [1.82, 2.24) is 25.1 Å². The molecule has 3 aromatic rings. The van der Waals surface area contributed by atoms with E-state index in [-0.39, 0.29) is 5.91 Å². The van der Waals surface area contributed by atoms with Gasteiger partial charge in [-0.1, -0.05) is 6.07 Å². The summed E-state index contributed by atoms with van der Waals surface area (Å²) < 4.78 is 0. The Morgan fingerprint density at radius 3 is 2.32 bits per heavy atom. The van der Waals surface area contributed by atoms with Gasteiger partial charge in [-0.25, -0.2) is 4.98 Å². The molecule has 0 atom stereocenters. The number of rotatable bonds is 4. The molecule has 1 aliphatic heterocycles. The molecule has 1 aliphatic rings. The van der Waals surface area contributed by atoms with Gasteiger partial charge >= 0.3 is 0 Å². The second kappa shape index (κ2) is 7.99. The third-order valence-electron chi connectivity index (χ3n) is 4.64. The highest BCUT2D eigenvalue weighted by Gasteiger charge is 2.23. The van der Waals surface area contributed by atoms with Crippen molar-refractivity contribution in [2.75, 3.05) is 36.4 Å². The van der Waals surface area contributed by atoms with Gasteiger partial charge in [0.05, 0.1) is 0 Å². The fraction of sp³-hybridized carbons (Fsp3) is 0.250. The first-order valence-corrected chi connectivity index (χ1v) is 9.17. The van der Waals surface area contributed by atoms with E-state index in [0.29, 0.717) is 24.5 Å². The van der Waals surface area contributed by atoms with Crippen LogP contribution in [0.4, 0.5) is 17.5 Å². The number of aromatic nitrogens is 4. The molecule has 0 saturated carbocycles. The van der Waals surface area contributed by atoms with Crippen molar-refractivity contribution < 1.29 is 4.79 Å². The number of pyridine rings is 2. The molecule has 1 saturated heterocycles. The lowest BCUT2D eigenvalue weighted by atomic mass is 10.2. The topological polar surface area (TPSA) is 87.1 Å². The van der Waals surface area contributed by atoms with Gasteiger partial charge in [-0.2, -0.15) is 0 Å². The third kappa shape index (κ3) is 4.06. The molecule has 0 radical (unpaired) electrons. The number of hydrogen-bond acceptors (Lipinski definition) is 7. The van der Waals surface area contributed by atoms with Crippen LogP contribution in [-0.4, -0.2) is 57.2 Å². The summed E-state index contributed by atoms with van der Waals surface area (Å²) in [5.74, 6) is 2.22. The van der Waals surface area contributed by atoms with E-state index >= 15 is 0 Å². The summed E-state index contributed by atoms with van der Waals surface area (Å²) in [5.41, 5.74) is 1.77. The quantitative estimate of drug-likeness (QED) is 0.748. The largest absolute Gasteiger partial charge is 0.352 e. The Hall–Kier alpha value is -3.55. The molecule has 1 N–H and O–H groups in total. The summed E-state index contributed by atoms with van der Waals surface area (Å²) in [4.78, 5) is 24.8. The Bertz CT molecular complexity index is 921. The average Bonchev–Trinajstić information content (AvgIpc) is 2.76. The van der Waals surface area contributed by atoms with Crippen molar-refractivity contribution in [3.05, 3.63) is 66.1 Å². The van der Waals surface area contributed by atoms with Gasteiger partial charge in [-0.3, -0.25) is 9.78 Å². The van der Waals surface area contributed by atoms with Crippen LogP contribution >= 0.6 is 0 Å². The van der Waals surface area contributed by atoms with Crippen molar-refractivity contribution in [3.63, 3.8) is 0 Å². The zero-order valence-electron chi connectivity index (χ0n) is 15.6. The van der Waals surface area contributed by atoms with E-state index in [2.05, 4.69) is 30.4 Å². The van der Waals surface area contributed by atoms with Crippen LogP contribution in [0.15, 0.2) is 55.0 Å². The van der Waals surface area contributed by atoms with E-state index in [4.69, 9.17) is 0 Å². The molecule has 1 fully saturated rings. The van der Waals surface area contributed by atoms with Crippen molar-refractivity contribution in [2.24, 2.45) is 0 Å². The van der Waals surface area contributed by atoms with Crippen molar-refractivity contribution >= 4 is 23.4 Å². The maximum absolute atomic E-state index is 12.5. The molecule has 0 aliphatic carbocycles. The van der Waals surface area contributed by atoms with Gasteiger partial charge in [-0.05, 0) is 42.8 Å². The zero-order chi connectivity index (χ0) is 19.3. The third-order valence-corrected chi connectivity index (χ3v) is 4.64. The normalized spacial score (nSPS) is 14.0. The lowest BCUT2D eigenvalue weighted by molar-refractivity contribution is 0.0746. The van der Waals surface area contributed by atoms with Gasteiger partial charge < -0.3 is 15.1 Å². The van der Waals surface area contributed by atoms with Crippen LogP contribution in [-0.2, 0) is 0 Å². The van der Waals surface area contributed by atoms with Crippen LogP contribution in [0.25, 0.3) is 0 Å². The number of nitrogens with zero attached hydrogens (tertiary/aromatic N) is 6. The number of nitrogens with one attached hydrogen (secondary N) is 1. The van der Waals surface area contributed by atoms with E-state index in [1.807, 2.05) is 36.1 Å². The van der Waals surface area contributed by atoms with Crippen molar-refractivity contribution in [3.8, 4) is 0 Å². The van der Waals surface area contributed by atoms with E-state index in [9.17, 15) is 4.79 Å². The second-order valence-corrected chi connectivity index (χ2v) is 6.64. The van der Waals surface area contributed by atoms with Gasteiger partial charge in [0.25, 0.3) is 5.91 Å². The Labute approximate surface area is 163 Å². The number of anilines is 3. The Balaban J connectivity index is 1.34. The molecule has 28 heavy (non-hydrogen) atoms. The SMILES string of the molecule is Cc1ccc(Nc2ccc(N3CCN(C(=O)c4ccncc4)CC3)nn2)nc1. The number of amides is 1. The van der Waals surface area contributed by atoms with Crippen LogP contribution in [0.2, 0.25) is 0 Å². The molecule has 8 nitrogen and oxygen atoms in total. The number of aryl methyl sites for hydroxylation is 1. The van der Waals surface area contributed by atoms with Gasteiger partial charge in [-0.15, -0.1) is 10.2 Å². The van der Waals surface area contributed by atoms with E-state index < -0.39 is 0 Å². The molecule has 142 valence electrons. The predicted molar refractivity (Wildman–Crippen MR) is 107 cm³/mol. The van der Waals surface area contributed by atoms with Gasteiger partial charge in [0, 0.05) is 50.3 Å². The maximum Gasteiger partial charge on any atom is 0.254 e. The number of carbonyl (C=O) groups excluding carboxylic acids is 1. The van der Waals surface area contributed by atoms with Crippen LogP contribution in [0, 0.1) is 6.92 Å². The zero-order valence-corrected chi connectivity index (χ0v) is 15.6. The van der Waals surface area contributed by atoms with Crippen LogP contribution in [0.5, 0.6) is 0 Å². The van der Waals surface area contributed by atoms with Gasteiger partial charge in [0.15, 0.2) is 11.6 Å². The Morgan fingerprint density at radius 2 is 1.68 bits per heavy atom. The molecule has 0 unspecified atom stereocenters. The van der Waals surface area contributed by atoms with Crippen molar-refractivity contribution in [2.45, 2.75) is 6.92 Å². The average molecular weight is 375 g/mol. The summed E-state index contributed by atoms with van der Waals surface area (Å²) in [6.45, 7) is 4.73. The van der Waals surface area contributed by atoms with Crippen LogP contribution in [0.3, 0.4) is 0 Å². The highest BCUT2D eigenvalue weighted by Crippen LogP contribution is 2.17. The van der Waals surface area contributed by atoms with Gasteiger partial charge in [0.2, 0.25) is 0 Å². The fourth-order valence-electron chi connectivity index (χ4n) is 3.05. The summed E-state index contributed by atoms with van der Waals surface area (Å²) in [6.07, 6.45) is 5.08. The van der Waals surface area contributed by atoms with Crippen LogP contribution in [0.1, 0.15) is 15.9 Å². The lowest BCUT2D eigenvalue weighted by Gasteiger charge is -2.35. The number of carbonyl (C=O) groups is 1. The first kappa shape index (κ1) is 17.8. The van der Waals surface area contributed by atoms with Crippen LogP contribution < -0.4 is 10.2 Å². The standard InChI is InChI=1S/C20H21N7O/c1-15-2-3-17(22-14-15)23-18-4-5-19(25-24-18)26-10-12-27(13-11-26)20(28)16-6-8-21-9-7-16/h2-9,14H,10-13H2,1H3,(H,22,23,24). The monoisotopic (exact) mass is 375 g/mol. The summed E-state index contributed by atoms with van der Waals surface area (Å²) in [6, 6.07) is 11.2. The molecule has 8 heteroatoms. The second-order valence-electron chi connectivity index (χ2n) is 6.64. The van der Waals surface area contributed by atoms with Crippen molar-refractivity contribution in [1.29, 1.82) is 0 Å². The Morgan fingerprint density at radius 1 is 0.929 bits per heavy atom.